The van der Waals surface area contributed by atoms with E-state index in [1.54, 1.807) is 12.1 Å². The summed E-state index contributed by atoms with van der Waals surface area (Å²) in [5.41, 5.74) is -1.33. The van der Waals surface area contributed by atoms with Gasteiger partial charge in [0.2, 0.25) is 0 Å². The summed E-state index contributed by atoms with van der Waals surface area (Å²) in [5.74, 6) is 0.169. The second kappa shape index (κ2) is 8.67. The second-order valence-electron chi connectivity index (χ2n) is 6.05. The van der Waals surface area contributed by atoms with Crippen molar-refractivity contribution in [3.05, 3.63) is 41.1 Å². The van der Waals surface area contributed by atoms with Gasteiger partial charge in [-0.05, 0) is 30.5 Å². The summed E-state index contributed by atoms with van der Waals surface area (Å²) >= 11 is 0. The van der Waals surface area contributed by atoms with E-state index in [0.717, 1.165) is 11.2 Å². The van der Waals surface area contributed by atoms with E-state index in [4.69, 9.17) is 10.5 Å². The minimum atomic E-state index is -4.97. The molecule has 1 N–H and O–H groups in total. The third kappa shape index (κ3) is 7.10. The standard InChI is InChI=1S/C17H16F6N4/c1-11(2)3-4-27(10-12(8-24)9-25)26-15-6-13(16(18,19)20)5-14(7-15)17(21,22)23/h5-7,10-11,26H,3-4H2,1-2H3. The maximum Gasteiger partial charge on any atom is 0.416 e. The average molecular weight is 390 g/mol. The van der Waals surface area contributed by atoms with Gasteiger partial charge in [0.15, 0.2) is 0 Å². The first-order valence-electron chi connectivity index (χ1n) is 7.71. The van der Waals surface area contributed by atoms with Crippen LogP contribution >= 0.6 is 0 Å². The molecule has 27 heavy (non-hydrogen) atoms. The molecule has 0 unspecified atom stereocenters. The predicted octanol–water partition coefficient (Wildman–Crippen LogP) is 5.33. The molecule has 146 valence electrons. The number of rotatable bonds is 6. The van der Waals surface area contributed by atoms with Crippen molar-refractivity contribution in [2.75, 3.05) is 12.0 Å². The summed E-state index contributed by atoms with van der Waals surface area (Å²) < 4.78 is 77.6. The first kappa shape index (κ1) is 22.2. The van der Waals surface area contributed by atoms with Gasteiger partial charge < -0.3 is 0 Å². The van der Waals surface area contributed by atoms with Crippen molar-refractivity contribution >= 4 is 5.69 Å². The molecule has 0 saturated carbocycles. The van der Waals surface area contributed by atoms with E-state index in [1.165, 1.54) is 0 Å². The van der Waals surface area contributed by atoms with Crippen LogP contribution in [0.5, 0.6) is 0 Å². The smallest absolute Gasteiger partial charge is 0.299 e. The number of allylic oxidation sites excluding steroid dienone is 1. The van der Waals surface area contributed by atoms with Crippen molar-refractivity contribution in [3.63, 3.8) is 0 Å². The van der Waals surface area contributed by atoms with Crippen LogP contribution in [0.25, 0.3) is 0 Å². The van der Waals surface area contributed by atoms with Crippen LogP contribution < -0.4 is 5.43 Å². The summed E-state index contributed by atoms with van der Waals surface area (Å²) in [5, 5.41) is 18.8. The van der Waals surface area contributed by atoms with Gasteiger partial charge in [0, 0.05) is 12.7 Å². The summed E-state index contributed by atoms with van der Waals surface area (Å²) in [6.45, 7) is 3.88. The van der Waals surface area contributed by atoms with Crippen molar-refractivity contribution in [3.8, 4) is 12.1 Å². The van der Waals surface area contributed by atoms with E-state index >= 15 is 0 Å². The highest BCUT2D eigenvalue weighted by molar-refractivity contribution is 5.50. The normalized spacial score (nSPS) is 11.5. The van der Waals surface area contributed by atoms with Gasteiger partial charge in [-0.3, -0.25) is 10.4 Å². The molecule has 0 aliphatic carbocycles. The Labute approximate surface area is 152 Å². The topological polar surface area (TPSA) is 62.9 Å². The zero-order chi connectivity index (χ0) is 20.8. The first-order valence-corrected chi connectivity index (χ1v) is 7.71. The molecule has 0 aliphatic rings. The molecule has 0 radical (unpaired) electrons. The van der Waals surface area contributed by atoms with Gasteiger partial charge in [-0.1, -0.05) is 13.8 Å². The van der Waals surface area contributed by atoms with Gasteiger partial charge in [0.05, 0.1) is 16.8 Å². The molecule has 1 aromatic rings. The Bertz CT molecular complexity index is 717. The lowest BCUT2D eigenvalue weighted by molar-refractivity contribution is -0.143. The molecule has 0 saturated heterocycles. The van der Waals surface area contributed by atoms with Crippen molar-refractivity contribution < 1.29 is 26.3 Å². The van der Waals surface area contributed by atoms with Crippen molar-refractivity contribution in [1.29, 1.82) is 10.5 Å². The lowest BCUT2D eigenvalue weighted by Crippen LogP contribution is -2.27. The van der Waals surface area contributed by atoms with Crippen molar-refractivity contribution in [2.24, 2.45) is 5.92 Å². The number of hydrogen-bond acceptors (Lipinski definition) is 4. The third-order valence-electron chi connectivity index (χ3n) is 3.33. The van der Waals surface area contributed by atoms with Crippen LogP contribution in [-0.4, -0.2) is 11.6 Å². The van der Waals surface area contributed by atoms with E-state index in [0.29, 0.717) is 18.6 Å². The first-order chi connectivity index (χ1) is 12.4. The monoisotopic (exact) mass is 390 g/mol. The zero-order valence-corrected chi connectivity index (χ0v) is 14.4. The lowest BCUT2D eigenvalue weighted by atomic mass is 10.1. The predicted molar refractivity (Wildman–Crippen MR) is 85.5 cm³/mol. The highest BCUT2D eigenvalue weighted by Crippen LogP contribution is 2.37. The number of nitriles is 2. The fourth-order valence-electron chi connectivity index (χ4n) is 1.97. The molecule has 1 aromatic carbocycles. The third-order valence-corrected chi connectivity index (χ3v) is 3.33. The molecule has 0 spiro atoms. The van der Waals surface area contributed by atoms with Gasteiger partial charge in [0.1, 0.15) is 17.7 Å². The van der Waals surface area contributed by atoms with Crippen LogP contribution in [0.2, 0.25) is 0 Å². The maximum absolute atomic E-state index is 12.9. The Balaban J connectivity index is 3.32. The van der Waals surface area contributed by atoms with Gasteiger partial charge in [-0.15, -0.1) is 0 Å². The molecule has 0 amide bonds. The molecule has 0 aromatic heterocycles. The van der Waals surface area contributed by atoms with Crippen LogP contribution in [0.15, 0.2) is 30.0 Å². The molecule has 0 heterocycles. The van der Waals surface area contributed by atoms with Crippen LogP contribution in [-0.2, 0) is 12.4 Å². The van der Waals surface area contributed by atoms with Gasteiger partial charge in [-0.2, -0.15) is 36.9 Å². The summed E-state index contributed by atoms with van der Waals surface area (Å²) in [6.07, 6.45) is -8.39. The van der Waals surface area contributed by atoms with Gasteiger partial charge >= 0.3 is 12.4 Å². The minimum absolute atomic E-state index is 0.0233. The minimum Gasteiger partial charge on any atom is -0.299 e. The number of anilines is 1. The highest BCUT2D eigenvalue weighted by Gasteiger charge is 2.37. The van der Waals surface area contributed by atoms with E-state index in [9.17, 15) is 26.3 Å². The molecule has 0 aliphatic heterocycles. The van der Waals surface area contributed by atoms with Crippen LogP contribution in [0.3, 0.4) is 0 Å². The fraction of sp³-hybridized carbons (Fsp3) is 0.412. The molecule has 0 atom stereocenters. The number of halogens is 6. The Morgan fingerprint density at radius 3 is 1.89 bits per heavy atom. The van der Waals surface area contributed by atoms with Gasteiger partial charge in [-0.25, -0.2) is 0 Å². The van der Waals surface area contributed by atoms with Crippen molar-refractivity contribution in [1.82, 2.24) is 5.01 Å². The molecule has 0 fully saturated rings. The van der Waals surface area contributed by atoms with Crippen LogP contribution in [0.4, 0.5) is 32.0 Å². The Hall–Kier alpha value is -2.88. The quantitative estimate of drug-likeness (QED) is 0.405. The molecule has 10 heteroatoms. The average Bonchev–Trinajstić information content (AvgIpc) is 2.55. The molecular weight excluding hydrogens is 374 g/mol. The number of hydrogen-bond donors (Lipinski definition) is 1. The van der Waals surface area contributed by atoms with Crippen LogP contribution in [0.1, 0.15) is 31.4 Å². The molecule has 0 bridgehead atoms. The molecular formula is C17H16F6N4. The number of alkyl halides is 6. The van der Waals surface area contributed by atoms with E-state index < -0.39 is 29.2 Å². The lowest BCUT2D eigenvalue weighted by Gasteiger charge is -2.25. The number of nitrogens with zero attached hydrogens (tertiary/aromatic N) is 3. The van der Waals surface area contributed by atoms with Crippen LogP contribution in [0, 0.1) is 28.6 Å². The Morgan fingerprint density at radius 1 is 1.04 bits per heavy atom. The zero-order valence-electron chi connectivity index (χ0n) is 14.4. The Kier molecular flexibility index (Phi) is 7.12. The summed E-state index contributed by atoms with van der Waals surface area (Å²) in [7, 11) is 0. The number of benzene rings is 1. The number of hydrazine groups is 1. The van der Waals surface area contributed by atoms with E-state index in [-0.39, 0.29) is 24.1 Å². The summed E-state index contributed by atoms with van der Waals surface area (Å²) in [4.78, 5) is 0. The summed E-state index contributed by atoms with van der Waals surface area (Å²) in [6, 6.07) is 4.26. The largest absolute Gasteiger partial charge is 0.416 e. The molecule has 4 nitrogen and oxygen atoms in total. The fourth-order valence-corrected chi connectivity index (χ4v) is 1.97. The van der Waals surface area contributed by atoms with E-state index in [2.05, 4.69) is 5.43 Å². The highest BCUT2D eigenvalue weighted by atomic mass is 19.4. The maximum atomic E-state index is 12.9. The van der Waals surface area contributed by atoms with Gasteiger partial charge in [0.25, 0.3) is 0 Å². The Morgan fingerprint density at radius 2 is 1.52 bits per heavy atom. The van der Waals surface area contributed by atoms with Crippen molar-refractivity contribution in [2.45, 2.75) is 32.6 Å². The SMILES string of the molecule is CC(C)CCN(C=C(C#N)C#N)Nc1cc(C(F)(F)F)cc(C(F)(F)F)c1. The molecule has 1 rings (SSSR count). The number of nitrogens with one attached hydrogen (secondary N) is 1. The second-order valence-corrected chi connectivity index (χ2v) is 6.05. The van der Waals surface area contributed by atoms with E-state index in [1.807, 2.05) is 13.8 Å².